The summed E-state index contributed by atoms with van der Waals surface area (Å²) < 4.78 is 11.8. The van der Waals surface area contributed by atoms with Crippen molar-refractivity contribution in [2.75, 3.05) is 18.1 Å². The molecule has 5 heteroatoms. The van der Waals surface area contributed by atoms with Crippen molar-refractivity contribution in [3.8, 4) is 5.75 Å². The number of carbonyl (C=O) groups excluding carboxylic acids is 1. The van der Waals surface area contributed by atoms with Crippen molar-refractivity contribution in [1.82, 2.24) is 0 Å². The average molecular weight is 347 g/mol. The van der Waals surface area contributed by atoms with Crippen LogP contribution >= 0.6 is 27.7 Å². The largest absolute Gasteiger partial charge is 0.493 e. The van der Waals surface area contributed by atoms with E-state index in [9.17, 15) is 4.79 Å². The van der Waals surface area contributed by atoms with Crippen LogP contribution in [-0.4, -0.2) is 29.7 Å². The Morgan fingerprint density at radius 2 is 1.89 bits per heavy atom. The predicted molar refractivity (Wildman–Crippen MR) is 82.8 cm³/mol. The zero-order valence-electron chi connectivity index (χ0n) is 11.4. The SMILES string of the molecule is CC(C)(C)OC(=O)CSCCOc1ccc(Br)cc1. The van der Waals surface area contributed by atoms with Gasteiger partial charge >= 0.3 is 5.97 Å². The average Bonchev–Trinajstić information content (AvgIpc) is 2.29. The highest BCUT2D eigenvalue weighted by Gasteiger charge is 2.15. The van der Waals surface area contributed by atoms with Crippen LogP contribution in [0, 0.1) is 0 Å². The number of benzene rings is 1. The molecule has 0 N–H and O–H groups in total. The summed E-state index contributed by atoms with van der Waals surface area (Å²) >= 11 is 4.88. The van der Waals surface area contributed by atoms with Crippen molar-refractivity contribution >= 4 is 33.7 Å². The van der Waals surface area contributed by atoms with E-state index in [4.69, 9.17) is 9.47 Å². The number of rotatable bonds is 6. The Hall–Kier alpha value is -0.680. The summed E-state index contributed by atoms with van der Waals surface area (Å²) in [6.07, 6.45) is 0. The minimum Gasteiger partial charge on any atom is -0.493 e. The molecule has 0 amide bonds. The molecule has 0 aliphatic heterocycles. The molecule has 0 aliphatic carbocycles. The van der Waals surface area contributed by atoms with Crippen LogP contribution in [-0.2, 0) is 9.53 Å². The molecule has 3 nitrogen and oxygen atoms in total. The normalized spacial score (nSPS) is 11.2. The van der Waals surface area contributed by atoms with Gasteiger partial charge in [0.2, 0.25) is 0 Å². The summed E-state index contributed by atoms with van der Waals surface area (Å²) in [4.78, 5) is 11.4. The van der Waals surface area contributed by atoms with E-state index in [1.54, 1.807) is 0 Å². The Labute approximate surface area is 127 Å². The minimum atomic E-state index is -0.411. The fourth-order valence-electron chi connectivity index (χ4n) is 1.28. The highest BCUT2D eigenvalue weighted by Crippen LogP contribution is 2.16. The van der Waals surface area contributed by atoms with Crippen molar-refractivity contribution in [2.24, 2.45) is 0 Å². The molecule has 0 bridgehead atoms. The van der Waals surface area contributed by atoms with Gasteiger partial charge in [-0.15, -0.1) is 11.8 Å². The second-order valence-corrected chi connectivity index (χ2v) is 6.96. The summed E-state index contributed by atoms with van der Waals surface area (Å²) in [6, 6.07) is 7.68. The van der Waals surface area contributed by atoms with Gasteiger partial charge in [-0.25, -0.2) is 0 Å². The number of halogens is 1. The molecule has 0 fully saturated rings. The molecule has 19 heavy (non-hydrogen) atoms. The van der Waals surface area contributed by atoms with Gasteiger partial charge in [-0.3, -0.25) is 4.79 Å². The van der Waals surface area contributed by atoms with Crippen molar-refractivity contribution in [3.05, 3.63) is 28.7 Å². The summed E-state index contributed by atoms with van der Waals surface area (Å²) in [5.41, 5.74) is -0.411. The van der Waals surface area contributed by atoms with Crippen LogP contribution in [0.1, 0.15) is 20.8 Å². The van der Waals surface area contributed by atoms with Gasteiger partial charge in [-0.2, -0.15) is 0 Å². The van der Waals surface area contributed by atoms with E-state index >= 15 is 0 Å². The van der Waals surface area contributed by atoms with Crippen molar-refractivity contribution in [3.63, 3.8) is 0 Å². The molecular formula is C14H19BrO3S. The molecular weight excluding hydrogens is 328 g/mol. The third-order valence-electron chi connectivity index (χ3n) is 1.95. The lowest BCUT2D eigenvalue weighted by Crippen LogP contribution is -2.25. The molecule has 106 valence electrons. The molecule has 0 atom stereocenters. The summed E-state index contributed by atoms with van der Waals surface area (Å²) in [5.74, 6) is 1.78. The van der Waals surface area contributed by atoms with Crippen LogP contribution in [0.5, 0.6) is 5.75 Å². The predicted octanol–water partition coefficient (Wildman–Crippen LogP) is 3.90. The standard InChI is InChI=1S/C14H19BrO3S/c1-14(2,3)18-13(16)10-19-9-8-17-12-6-4-11(15)5-7-12/h4-7H,8-10H2,1-3H3. The lowest BCUT2D eigenvalue weighted by molar-refractivity contribution is -0.151. The molecule has 1 rings (SSSR count). The van der Waals surface area contributed by atoms with Crippen LogP contribution in [0.15, 0.2) is 28.7 Å². The third-order valence-corrected chi connectivity index (χ3v) is 3.37. The highest BCUT2D eigenvalue weighted by molar-refractivity contribution is 9.10. The van der Waals surface area contributed by atoms with E-state index < -0.39 is 5.60 Å². The third kappa shape index (κ3) is 8.16. The van der Waals surface area contributed by atoms with Crippen LogP contribution in [0.4, 0.5) is 0 Å². The lowest BCUT2D eigenvalue weighted by Gasteiger charge is -2.19. The van der Waals surface area contributed by atoms with Crippen molar-refractivity contribution in [2.45, 2.75) is 26.4 Å². The van der Waals surface area contributed by atoms with Gasteiger partial charge in [0, 0.05) is 10.2 Å². The van der Waals surface area contributed by atoms with Gasteiger partial charge < -0.3 is 9.47 Å². The maximum Gasteiger partial charge on any atom is 0.316 e. The first-order chi connectivity index (χ1) is 8.87. The highest BCUT2D eigenvalue weighted by atomic mass is 79.9. The van der Waals surface area contributed by atoms with E-state index in [1.165, 1.54) is 11.8 Å². The molecule has 0 unspecified atom stereocenters. The fraction of sp³-hybridized carbons (Fsp3) is 0.500. The van der Waals surface area contributed by atoms with Crippen LogP contribution in [0.25, 0.3) is 0 Å². The zero-order chi connectivity index (χ0) is 14.3. The van der Waals surface area contributed by atoms with E-state index in [-0.39, 0.29) is 5.97 Å². The molecule has 0 heterocycles. The molecule has 0 aromatic heterocycles. The zero-order valence-corrected chi connectivity index (χ0v) is 13.8. The lowest BCUT2D eigenvalue weighted by atomic mass is 10.2. The van der Waals surface area contributed by atoms with Gasteiger partial charge in [0.25, 0.3) is 0 Å². The summed E-state index contributed by atoms with van der Waals surface area (Å²) in [5, 5.41) is 0. The maximum atomic E-state index is 11.4. The molecule has 0 saturated heterocycles. The van der Waals surface area contributed by atoms with E-state index in [0.717, 1.165) is 16.0 Å². The number of hydrogen-bond donors (Lipinski definition) is 0. The monoisotopic (exact) mass is 346 g/mol. The fourth-order valence-corrected chi connectivity index (χ4v) is 2.11. The van der Waals surface area contributed by atoms with E-state index in [2.05, 4.69) is 15.9 Å². The van der Waals surface area contributed by atoms with Crippen LogP contribution < -0.4 is 4.74 Å². The molecule has 0 saturated carbocycles. The van der Waals surface area contributed by atoms with E-state index in [1.807, 2.05) is 45.0 Å². The number of carbonyl (C=O) groups is 1. The van der Waals surface area contributed by atoms with Gasteiger partial charge in [0.05, 0.1) is 12.4 Å². The van der Waals surface area contributed by atoms with Gasteiger partial charge in [0.1, 0.15) is 11.4 Å². The Morgan fingerprint density at radius 3 is 2.47 bits per heavy atom. The smallest absolute Gasteiger partial charge is 0.316 e. The molecule has 1 aromatic carbocycles. The topological polar surface area (TPSA) is 35.5 Å². The van der Waals surface area contributed by atoms with Crippen molar-refractivity contribution in [1.29, 1.82) is 0 Å². The van der Waals surface area contributed by atoms with E-state index in [0.29, 0.717) is 12.4 Å². The van der Waals surface area contributed by atoms with Crippen LogP contribution in [0.3, 0.4) is 0 Å². The quantitative estimate of drug-likeness (QED) is 0.578. The van der Waals surface area contributed by atoms with Gasteiger partial charge in [-0.05, 0) is 45.0 Å². The minimum absolute atomic E-state index is 0.179. The first kappa shape index (κ1) is 16.4. The number of esters is 1. The first-order valence-electron chi connectivity index (χ1n) is 6.05. The second kappa shape index (κ2) is 7.80. The van der Waals surface area contributed by atoms with Gasteiger partial charge in [0.15, 0.2) is 0 Å². The summed E-state index contributed by atoms with van der Waals surface area (Å²) in [6.45, 7) is 6.18. The Morgan fingerprint density at radius 1 is 1.26 bits per heavy atom. The number of hydrogen-bond acceptors (Lipinski definition) is 4. The Balaban J connectivity index is 2.11. The maximum absolute atomic E-state index is 11.4. The molecule has 0 radical (unpaired) electrons. The van der Waals surface area contributed by atoms with Crippen molar-refractivity contribution < 1.29 is 14.3 Å². The molecule has 0 spiro atoms. The number of thioether (sulfide) groups is 1. The first-order valence-corrected chi connectivity index (χ1v) is 7.99. The van der Waals surface area contributed by atoms with Gasteiger partial charge in [-0.1, -0.05) is 15.9 Å². The summed E-state index contributed by atoms with van der Waals surface area (Å²) in [7, 11) is 0. The van der Waals surface area contributed by atoms with Crippen LogP contribution in [0.2, 0.25) is 0 Å². The second-order valence-electron chi connectivity index (χ2n) is 4.94. The molecule has 0 aliphatic rings. The Kier molecular flexibility index (Phi) is 6.72. The Bertz CT molecular complexity index is 398. The number of ether oxygens (including phenoxy) is 2. The molecule has 1 aromatic rings.